The molecular weight excluding hydrogens is 417 g/mol. The first-order chi connectivity index (χ1) is 14.8. The summed E-state index contributed by atoms with van der Waals surface area (Å²) in [5, 5.41) is 14.4. The highest BCUT2D eigenvalue weighted by atomic mass is 32.1. The fourth-order valence-electron chi connectivity index (χ4n) is 5.33. The number of carbonyl (C=O) groups excluding carboxylic acids is 1. The zero-order valence-corrected chi connectivity index (χ0v) is 18.6. The standard InChI is InChI=1S/C24H28FNO4S/c1-24(2)15-9-14(5-3-4-8-30-12-21(27)28)22(19(24)10-15)26-23(29)18-13-31-20-7-6-16(25)11-17(18)20/h3-4,6-7,11,13-15,19,22H,5,8-10,12H2,1-2H3,(H,26,29)(H,27,28)/t14-,15-,19-,22+/m0/s1. The van der Waals surface area contributed by atoms with Crippen LogP contribution in [0.4, 0.5) is 4.39 Å². The van der Waals surface area contributed by atoms with Crippen molar-refractivity contribution in [2.75, 3.05) is 13.2 Å². The van der Waals surface area contributed by atoms with Gasteiger partial charge in [0.2, 0.25) is 0 Å². The van der Waals surface area contributed by atoms with Crippen LogP contribution in [0.5, 0.6) is 0 Å². The maximum absolute atomic E-state index is 13.7. The van der Waals surface area contributed by atoms with Gasteiger partial charge in [0.05, 0.1) is 12.2 Å². The molecule has 166 valence electrons. The average Bonchev–Trinajstić information content (AvgIpc) is 3.13. The van der Waals surface area contributed by atoms with E-state index in [-0.39, 0.29) is 36.4 Å². The Kier molecular flexibility index (Phi) is 6.17. The molecule has 2 N–H and O–H groups in total. The predicted molar refractivity (Wildman–Crippen MR) is 119 cm³/mol. The van der Waals surface area contributed by atoms with Crippen LogP contribution < -0.4 is 5.32 Å². The Morgan fingerprint density at radius 2 is 2.13 bits per heavy atom. The number of amides is 1. The summed E-state index contributed by atoms with van der Waals surface area (Å²) in [4.78, 5) is 23.7. The quantitative estimate of drug-likeness (QED) is 0.449. The molecule has 5 nitrogen and oxygen atoms in total. The lowest BCUT2D eigenvalue weighted by Gasteiger charge is -2.62. The number of allylic oxidation sites excluding steroid dienone is 1. The van der Waals surface area contributed by atoms with Crippen molar-refractivity contribution in [1.29, 1.82) is 0 Å². The monoisotopic (exact) mass is 445 g/mol. The second-order valence-electron chi connectivity index (χ2n) is 9.26. The van der Waals surface area contributed by atoms with Gasteiger partial charge in [-0.3, -0.25) is 4.79 Å². The van der Waals surface area contributed by atoms with Gasteiger partial charge in [0.1, 0.15) is 12.4 Å². The summed E-state index contributed by atoms with van der Waals surface area (Å²) in [5.41, 5.74) is 0.737. The van der Waals surface area contributed by atoms with Gasteiger partial charge in [-0.25, -0.2) is 9.18 Å². The van der Waals surface area contributed by atoms with Gasteiger partial charge in [-0.15, -0.1) is 11.3 Å². The molecule has 4 atom stereocenters. The molecule has 0 radical (unpaired) electrons. The van der Waals surface area contributed by atoms with E-state index in [2.05, 4.69) is 19.2 Å². The third-order valence-electron chi connectivity index (χ3n) is 7.20. The summed E-state index contributed by atoms with van der Waals surface area (Å²) < 4.78 is 19.7. The molecule has 1 amide bonds. The van der Waals surface area contributed by atoms with Crippen molar-refractivity contribution in [3.63, 3.8) is 0 Å². The summed E-state index contributed by atoms with van der Waals surface area (Å²) in [6, 6.07) is 4.62. The Morgan fingerprint density at radius 3 is 2.87 bits per heavy atom. The van der Waals surface area contributed by atoms with Crippen molar-refractivity contribution in [3.05, 3.63) is 47.1 Å². The van der Waals surface area contributed by atoms with Crippen LogP contribution in [0.2, 0.25) is 0 Å². The third kappa shape index (κ3) is 4.39. The van der Waals surface area contributed by atoms with Crippen molar-refractivity contribution in [1.82, 2.24) is 5.32 Å². The van der Waals surface area contributed by atoms with E-state index in [9.17, 15) is 14.0 Å². The maximum Gasteiger partial charge on any atom is 0.329 e. The van der Waals surface area contributed by atoms with E-state index in [0.29, 0.717) is 28.7 Å². The van der Waals surface area contributed by atoms with E-state index in [1.165, 1.54) is 23.5 Å². The smallest absolute Gasteiger partial charge is 0.329 e. The maximum atomic E-state index is 13.7. The molecule has 0 spiro atoms. The second kappa shape index (κ2) is 8.71. The fraction of sp³-hybridized carbons (Fsp3) is 0.500. The first-order valence-corrected chi connectivity index (χ1v) is 11.6. The number of benzene rings is 1. The van der Waals surface area contributed by atoms with Crippen LogP contribution in [0.3, 0.4) is 0 Å². The molecule has 7 heteroatoms. The Bertz CT molecular complexity index is 1010. The number of thiophene rings is 1. The molecule has 3 aliphatic rings. The van der Waals surface area contributed by atoms with Crippen LogP contribution in [-0.4, -0.2) is 36.2 Å². The van der Waals surface area contributed by atoms with Gasteiger partial charge in [-0.2, -0.15) is 0 Å². The van der Waals surface area contributed by atoms with Crippen LogP contribution in [0.1, 0.15) is 43.5 Å². The number of fused-ring (bicyclic) bond motifs is 3. The van der Waals surface area contributed by atoms with Crippen molar-refractivity contribution < 1.29 is 23.8 Å². The molecule has 0 aliphatic heterocycles. The molecule has 0 unspecified atom stereocenters. The zero-order chi connectivity index (χ0) is 22.2. The molecule has 2 aromatic rings. The Labute approximate surface area is 185 Å². The molecule has 1 aromatic heterocycles. The molecule has 5 rings (SSSR count). The van der Waals surface area contributed by atoms with Crippen LogP contribution in [0.15, 0.2) is 35.7 Å². The number of carboxylic acids is 1. The largest absolute Gasteiger partial charge is 0.480 e. The van der Waals surface area contributed by atoms with Crippen LogP contribution >= 0.6 is 11.3 Å². The molecule has 1 heterocycles. The van der Waals surface area contributed by atoms with Crippen molar-refractivity contribution in [3.8, 4) is 0 Å². The number of rotatable bonds is 8. The summed E-state index contributed by atoms with van der Waals surface area (Å²) in [7, 11) is 0. The van der Waals surface area contributed by atoms with Crippen LogP contribution in [-0.2, 0) is 9.53 Å². The predicted octanol–water partition coefficient (Wildman–Crippen LogP) is 4.87. The molecule has 0 saturated heterocycles. The van der Waals surface area contributed by atoms with Gasteiger partial charge in [-0.1, -0.05) is 26.0 Å². The second-order valence-corrected chi connectivity index (χ2v) is 10.2. The van der Waals surface area contributed by atoms with E-state index in [1.54, 1.807) is 6.07 Å². The topological polar surface area (TPSA) is 75.6 Å². The molecule has 1 aromatic carbocycles. The summed E-state index contributed by atoms with van der Waals surface area (Å²) in [6.45, 7) is 4.53. The zero-order valence-electron chi connectivity index (χ0n) is 17.8. The van der Waals surface area contributed by atoms with E-state index in [4.69, 9.17) is 9.84 Å². The molecular formula is C24H28FNO4S. The van der Waals surface area contributed by atoms with Crippen LogP contribution in [0.25, 0.3) is 10.1 Å². The van der Waals surface area contributed by atoms with E-state index >= 15 is 0 Å². The minimum absolute atomic E-state index is 0.0561. The van der Waals surface area contributed by atoms with Crippen molar-refractivity contribution >= 4 is 33.3 Å². The average molecular weight is 446 g/mol. The van der Waals surface area contributed by atoms with E-state index in [1.807, 2.05) is 17.5 Å². The summed E-state index contributed by atoms with van der Waals surface area (Å²) in [5.74, 6) is -0.0675. The third-order valence-corrected chi connectivity index (χ3v) is 8.16. The Balaban J connectivity index is 1.46. The van der Waals surface area contributed by atoms with Gasteiger partial charge in [0, 0.05) is 21.5 Å². The van der Waals surface area contributed by atoms with Gasteiger partial charge in [0.15, 0.2) is 0 Å². The number of hydrogen-bond donors (Lipinski definition) is 2. The summed E-state index contributed by atoms with van der Waals surface area (Å²) >= 11 is 1.45. The number of carboxylic acid groups (broad SMARTS) is 1. The number of hydrogen-bond acceptors (Lipinski definition) is 4. The lowest BCUT2D eigenvalue weighted by Crippen LogP contribution is -2.63. The van der Waals surface area contributed by atoms with Crippen molar-refractivity contribution in [2.24, 2.45) is 23.2 Å². The van der Waals surface area contributed by atoms with E-state index < -0.39 is 5.97 Å². The van der Waals surface area contributed by atoms with Crippen LogP contribution in [0, 0.1) is 29.0 Å². The highest BCUT2D eigenvalue weighted by Crippen LogP contribution is 2.61. The first-order valence-electron chi connectivity index (χ1n) is 10.7. The van der Waals surface area contributed by atoms with Gasteiger partial charge < -0.3 is 15.2 Å². The SMILES string of the molecule is CC1(C)[C@H]2C[C@H](CC=CCOCC(=O)O)[C@@H](NC(=O)c3csc4ccc(F)cc34)[C@@H]1C2. The normalized spacial score (nSPS) is 26.7. The first kappa shape index (κ1) is 22.0. The van der Waals surface area contributed by atoms with Gasteiger partial charge in [-0.05, 0) is 60.6 Å². The minimum atomic E-state index is -0.980. The Hall–Kier alpha value is -2.25. The van der Waals surface area contributed by atoms with E-state index in [0.717, 1.165) is 24.0 Å². The number of halogens is 1. The molecule has 31 heavy (non-hydrogen) atoms. The minimum Gasteiger partial charge on any atom is -0.480 e. The molecule has 3 saturated carbocycles. The van der Waals surface area contributed by atoms with Gasteiger partial charge >= 0.3 is 5.97 Å². The number of carbonyl (C=O) groups is 2. The Morgan fingerprint density at radius 1 is 1.32 bits per heavy atom. The number of aliphatic carboxylic acids is 1. The molecule has 2 bridgehead atoms. The molecule has 3 fully saturated rings. The highest BCUT2D eigenvalue weighted by molar-refractivity contribution is 7.17. The highest BCUT2D eigenvalue weighted by Gasteiger charge is 2.57. The summed E-state index contributed by atoms with van der Waals surface area (Å²) in [6.07, 6.45) is 6.86. The van der Waals surface area contributed by atoms with Gasteiger partial charge in [0.25, 0.3) is 5.91 Å². The lowest BCUT2D eigenvalue weighted by molar-refractivity contribution is -0.141. The lowest BCUT2D eigenvalue weighted by atomic mass is 9.44. The van der Waals surface area contributed by atoms with Crippen molar-refractivity contribution in [2.45, 2.75) is 39.2 Å². The molecule has 3 aliphatic carbocycles. The fourth-order valence-corrected chi connectivity index (χ4v) is 6.25. The number of ether oxygens (including phenoxy) is 1. The number of nitrogens with one attached hydrogen (secondary N) is 1.